The Balaban J connectivity index is 2.44. The standard InChI is InChI=1S/C10H17ClN2O2S/c1-7-5-13(6-8(2)16-7)10(15)12-9(14)3-4-11/h7-8H,3-6H2,1-2H3,(H,12,14,15). The van der Waals surface area contributed by atoms with E-state index in [1.165, 1.54) is 0 Å². The van der Waals surface area contributed by atoms with E-state index in [1.807, 2.05) is 11.8 Å². The lowest BCUT2D eigenvalue weighted by Gasteiger charge is -2.34. The lowest BCUT2D eigenvalue weighted by Crippen LogP contribution is -2.50. The second kappa shape index (κ2) is 6.35. The largest absolute Gasteiger partial charge is 0.324 e. The van der Waals surface area contributed by atoms with Gasteiger partial charge >= 0.3 is 6.03 Å². The van der Waals surface area contributed by atoms with Gasteiger partial charge in [0.05, 0.1) is 0 Å². The molecule has 1 rings (SSSR count). The number of alkyl halides is 1. The minimum Gasteiger partial charge on any atom is -0.322 e. The predicted octanol–water partition coefficient (Wildman–Crippen LogP) is 1.68. The van der Waals surface area contributed by atoms with Crippen LogP contribution in [0.1, 0.15) is 20.3 Å². The van der Waals surface area contributed by atoms with Gasteiger partial charge in [0, 0.05) is 35.9 Å². The lowest BCUT2D eigenvalue weighted by atomic mass is 10.3. The van der Waals surface area contributed by atoms with Gasteiger partial charge in [-0.2, -0.15) is 11.8 Å². The molecule has 1 heterocycles. The SMILES string of the molecule is CC1CN(C(=O)NC(=O)CCCl)CC(C)S1. The maximum absolute atomic E-state index is 11.7. The molecule has 1 fully saturated rings. The van der Waals surface area contributed by atoms with Gasteiger partial charge in [0.25, 0.3) is 0 Å². The number of carbonyl (C=O) groups is 2. The molecule has 1 aliphatic heterocycles. The third kappa shape index (κ3) is 4.22. The van der Waals surface area contributed by atoms with Crippen LogP contribution in [0.15, 0.2) is 0 Å². The van der Waals surface area contributed by atoms with Crippen molar-refractivity contribution in [3.8, 4) is 0 Å². The summed E-state index contributed by atoms with van der Waals surface area (Å²) in [5, 5.41) is 3.17. The number of halogens is 1. The molecule has 4 nitrogen and oxygen atoms in total. The van der Waals surface area contributed by atoms with E-state index in [0.29, 0.717) is 23.6 Å². The van der Waals surface area contributed by atoms with Crippen LogP contribution in [0.25, 0.3) is 0 Å². The zero-order valence-electron chi connectivity index (χ0n) is 9.53. The third-order valence-electron chi connectivity index (χ3n) is 2.27. The van der Waals surface area contributed by atoms with E-state index < -0.39 is 0 Å². The van der Waals surface area contributed by atoms with Crippen LogP contribution in [0.5, 0.6) is 0 Å². The molecule has 0 aromatic heterocycles. The molecule has 1 aliphatic rings. The second-order valence-electron chi connectivity index (χ2n) is 3.95. The average Bonchev–Trinajstić information content (AvgIpc) is 2.16. The molecule has 3 amide bonds. The summed E-state index contributed by atoms with van der Waals surface area (Å²) >= 11 is 7.29. The zero-order valence-corrected chi connectivity index (χ0v) is 11.1. The van der Waals surface area contributed by atoms with Crippen LogP contribution in [-0.4, -0.2) is 46.3 Å². The third-order valence-corrected chi connectivity index (χ3v) is 3.69. The quantitative estimate of drug-likeness (QED) is 0.772. The molecule has 0 radical (unpaired) electrons. The van der Waals surface area contributed by atoms with E-state index in [4.69, 9.17) is 11.6 Å². The van der Waals surface area contributed by atoms with E-state index in [0.717, 1.165) is 0 Å². The van der Waals surface area contributed by atoms with Crippen LogP contribution < -0.4 is 5.32 Å². The highest BCUT2D eigenvalue weighted by Gasteiger charge is 2.26. The minimum absolute atomic E-state index is 0.182. The van der Waals surface area contributed by atoms with Gasteiger partial charge in [0.2, 0.25) is 5.91 Å². The highest BCUT2D eigenvalue weighted by Crippen LogP contribution is 2.24. The molecule has 0 saturated carbocycles. The Kier molecular flexibility index (Phi) is 5.41. The van der Waals surface area contributed by atoms with Crippen molar-refractivity contribution in [2.24, 2.45) is 0 Å². The molecular weight excluding hydrogens is 248 g/mol. The Morgan fingerprint density at radius 2 is 1.94 bits per heavy atom. The molecule has 0 spiro atoms. The van der Waals surface area contributed by atoms with Crippen LogP contribution in [0, 0.1) is 0 Å². The van der Waals surface area contributed by atoms with E-state index in [-0.39, 0.29) is 24.2 Å². The Morgan fingerprint density at radius 1 is 1.38 bits per heavy atom. The first-order valence-corrected chi connectivity index (χ1v) is 6.81. The molecule has 2 unspecified atom stereocenters. The van der Waals surface area contributed by atoms with Crippen molar-refractivity contribution in [2.45, 2.75) is 30.8 Å². The van der Waals surface area contributed by atoms with Crippen molar-refractivity contribution in [2.75, 3.05) is 19.0 Å². The number of nitrogens with zero attached hydrogens (tertiary/aromatic N) is 1. The highest BCUT2D eigenvalue weighted by atomic mass is 35.5. The number of imide groups is 1. The normalized spacial score (nSPS) is 25.3. The molecule has 0 bridgehead atoms. The fourth-order valence-electron chi connectivity index (χ4n) is 1.69. The van der Waals surface area contributed by atoms with Gasteiger partial charge in [0.15, 0.2) is 0 Å². The zero-order chi connectivity index (χ0) is 12.1. The number of carbonyl (C=O) groups excluding carboxylic acids is 2. The van der Waals surface area contributed by atoms with Gasteiger partial charge in [-0.15, -0.1) is 11.6 Å². The van der Waals surface area contributed by atoms with Gasteiger partial charge < -0.3 is 4.90 Å². The van der Waals surface area contributed by atoms with Crippen molar-refractivity contribution in [1.82, 2.24) is 10.2 Å². The Bertz CT molecular complexity index is 266. The molecule has 2 atom stereocenters. The number of rotatable bonds is 2. The van der Waals surface area contributed by atoms with E-state index in [1.54, 1.807) is 4.90 Å². The molecule has 92 valence electrons. The number of nitrogens with one attached hydrogen (secondary N) is 1. The van der Waals surface area contributed by atoms with Gasteiger partial charge in [0.1, 0.15) is 0 Å². The van der Waals surface area contributed by atoms with Crippen LogP contribution in [0.3, 0.4) is 0 Å². The van der Waals surface area contributed by atoms with Crippen LogP contribution in [0.2, 0.25) is 0 Å². The molecule has 16 heavy (non-hydrogen) atoms. The lowest BCUT2D eigenvalue weighted by molar-refractivity contribution is -0.119. The Hall–Kier alpha value is -0.420. The van der Waals surface area contributed by atoms with Gasteiger partial charge in [-0.25, -0.2) is 4.79 Å². The van der Waals surface area contributed by atoms with Gasteiger partial charge in [-0.1, -0.05) is 13.8 Å². The molecule has 0 aliphatic carbocycles. The summed E-state index contributed by atoms with van der Waals surface area (Å²) in [4.78, 5) is 24.6. The van der Waals surface area contributed by atoms with Crippen molar-refractivity contribution >= 4 is 35.3 Å². The summed E-state index contributed by atoms with van der Waals surface area (Å²) < 4.78 is 0. The maximum Gasteiger partial charge on any atom is 0.324 e. The van der Waals surface area contributed by atoms with Crippen LogP contribution in [0.4, 0.5) is 4.79 Å². The fourth-order valence-corrected chi connectivity index (χ4v) is 3.19. The number of amides is 3. The molecule has 0 aromatic rings. The number of thioether (sulfide) groups is 1. The number of urea groups is 1. The van der Waals surface area contributed by atoms with Crippen molar-refractivity contribution < 1.29 is 9.59 Å². The first-order valence-electron chi connectivity index (χ1n) is 5.33. The smallest absolute Gasteiger partial charge is 0.322 e. The predicted molar refractivity (Wildman–Crippen MR) is 67.0 cm³/mol. The Morgan fingerprint density at radius 3 is 2.44 bits per heavy atom. The summed E-state index contributed by atoms with van der Waals surface area (Å²) in [7, 11) is 0. The maximum atomic E-state index is 11.7. The van der Waals surface area contributed by atoms with E-state index >= 15 is 0 Å². The summed E-state index contributed by atoms with van der Waals surface area (Å²) in [6, 6.07) is -0.297. The van der Waals surface area contributed by atoms with Crippen molar-refractivity contribution in [3.63, 3.8) is 0 Å². The topological polar surface area (TPSA) is 49.4 Å². The summed E-state index contributed by atoms with van der Waals surface area (Å²) in [6.45, 7) is 5.55. The summed E-state index contributed by atoms with van der Waals surface area (Å²) in [5.41, 5.74) is 0. The summed E-state index contributed by atoms with van der Waals surface area (Å²) in [5.74, 6) is -0.0690. The van der Waals surface area contributed by atoms with Gasteiger partial charge in [-0.05, 0) is 0 Å². The molecule has 6 heteroatoms. The summed E-state index contributed by atoms with van der Waals surface area (Å²) in [6.07, 6.45) is 0.182. The number of hydrogen-bond acceptors (Lipinski definition) is 3. The monoisotopic (exact) mass is 264 g/mol. The highest BCUT2D eigenvalue weighted by molar-refractivity contribution is 8.00. The first-order chi connectivity index (χ1) is 7.52. The van der Waals surface area contributed by atoms with E-state index in [9.17, 15) is 9.59 Å². The average molecular weight is 265 g/mol. The first kappa shape index (κ1) is 13.6. The molecule has 1 N–H and O–H groups in total. The number of hydrogen-bond donors (Lipinski definition) is 1. The van der Waals surface area contributed by atoms with Crippen LogP contribution in [-0.2, 0) is 4.79 Å². The molecule has 1 saturated heterocycles. The van der Waals surface area contributed by atoms with Crippen LogP contribution >= 0.6 is 23.4 Å². The molecule has 0 aromatic carbocycles. The molecular formula is C10H17ClN2O2S. The van der Waals surface area contributed by atoms with Gasteiger partial charge in [-0.3, -0.25) is 10.1 Å². The van der Waals surface area contributed by atoms with E-state index in [2.05, 4.69) is 19.2 Å². The fraction of sp³-hybridized carbons (Fsp3) is 0.800. The van der Waals surface area contributed by atoms with Crippen molar-refractivity contribution in [3.05, 3.63) is 0 Å². The second-order valence-corrected chi connectivity index (χ2v) is 6.21. The Labute approximate surface area is 105 Å². The minimum atomic E-state index is -0.307. The van der Waals surface area contributed by atoms with Crippen molar-refractivity contribution in [1.29, 1.82) is 0 Å².